The van der Waals surface area contributed by atoms with Gasteiger partial charge in [-0.1, -0.05) is 0 Å². The monoisotopic (exact) mass is 565 g/mol. The van der Waals surface area contributed by atoms with Crippen LogP contribution in [0.25, 0.3) is 17.0 Å². The number of hydrogen-bond donors (Lipinski definition) is 4. The largest absolute Gasteiger partial charge is 0.508 e. The van der Waals surface area contributed by atoms with E-state index in [1.807, 2.05) is 4.90 Å². The second kappa shape index (κ2) is 9.79. The summed E-state index contributed by atoms with van der Waals surface area (Å²) in [6.45, 7) is 2.25. The lowest BCUT2D eigenvalue weighted by molar-refractivity contribution is -0.160. The summed E-state index contributed by atoms with van der Waals surface area (Å²) in [6, 6.07) is 3.09. The number of aromatic hydroxyl groups is 1. The van der Waals surface area contributed by atoms with E-state index in [4.69, 9.17) is 15.2 Å². The van der Waals surface area contributed by atoms with Crippen LogP contribution in [0.1, 0.15) is 17.5 Å². The molecule has 2 fully saturated rings. The maximum atomic E-state index is 14.4. The molecule has 4 aliphatic rings. The van der Waals surface area contributed by atoms with Gasteiger partial charge in [-0.05, 0) is 36.5 Å². The Morgan fingerprint density at radius 3 is 2.59 bits per heavy atom. The van der Waals surface area contributed by atoms with E-state index in [2.05, 4.69) is 10.2 Å². The summed E-state index contributed by atoms with van der Waals surface area (Å²) in [4.78, 5) is 44.0. The number of nitrogens with zero attached hydrogens (tertiary/aromatic N) is 4. The van der Waals surface area contributed by atoms with Crippen LogP contribution in [0.2, 0.25) is 0 Å². The molecule has 13 nitrogen and oxygen atoms in total. The molecule has 41 heavy (non-hydrogen) atoms. The fourth-order valence-electron chi connectivity index (χ4n) is 7.08. The molecule has 0 unspecified atom stereocenters. The van der Waals surface area contributed by atoms with Crippen LogP contribution < -0.4 is 5.73 Å². The Morgan fingerprint density at radius 1 is 1.22 bits per heavy atom. The second-order valence-corrected chi connectivity index (χ2v) is 11.0. The van der Waals surface area contributed by atoms with Crippen molar-refractivity contribution in [2.45, 2.75) is 18.4 Å². The quantitative estimate of drug-likeness (QED) is 0.368. The fourth-order valence-corrected chi connectivity index (χ4v) is 7.08. The lowest BCUT2D eigenvalue weighted by Crippen LogP contribution is -2.63. The number of carbonyl (C=O) groups excluding carboxylic acids is 3. The third kappa shape index (κ3) is 3.90. The van der Waals surface area contributed by atoms with Crippen molar-refractivity contribution >= 4 is 23.2 Å². The molecule has 3 aliphatic carbocycles. The number of morpholine rings is 1. The predicted molar refractivity (Wildman–Crippen MR) is 142 cm³/mol. The third-order valence-electron chi connectivity index (χ3n) is 8.94. The van der Waals surface area contributed by atoms with Crippen LogP contribution in [-0.4, -0.2) is 98.2 Å². The van der Waals surface area contributed by atoms with Gasteiger partial charge in [0.15, 0.2) is 11.4 Å². The number of carbonyl (C=O) groups is 3. The normalized spacial score (nSPS) is 28.4. The number of aliphatic hydroxyl groups excluding tert-OH is 2. The van der Waals surface area contributed by atoms with E-state index in [9.17, 15) is 29.7 Å². The SMILES string of the molecule is CO[C@]12C(=O)C3=C(O)c4c(O)ccc(-c5cnn(C)n5)c4C[C@H]3C[C@H]1[C@@H](CN1CCOCC1)C(=O)C(C(N)=O)=C2O. The summed E-state index contributed by atoms with van der Waals surface area (Å²) in [5.74, 6) is -6.45. The van der Waals surface area contributed by atoms with E-state index in [1.54, 1.807) is 19.3 Å². The molecule has 4 atom stereocenters. The zero-order chi connectivity index (χ0) is 29.2. The van der Waals surface area contributed by atoms with Gasteiger partial charge in [-0.15, -0.1) is 0 Å². The van der Waals surface area contributed by atoms with Gasteiger partial charge >= 0.3 is 0 Å². The Labute approximate surface area is 234 Å². The summed E-state index contributed by atoms with van der Waals surface area (Å²) >= 11 is 0. The fraction of sp³-hybridized carbons (Fsp3) is 0.464. The number of nitrogens with two attached hydrogens (primary N) is 1. The molecule has 13 heteroatoms. The van der Waals surface area contributed by atoms with Gasteiger partial charge in [-0.2, -0.15) is 15.0 Å². The van der Waals surface area contributed by atoms with E-state index in [-0.39, 0.29) is 36.3 Å². The average molecular weight is 566 g/mol. The maximum absolute atomic E-state index is 14.4. The summed E-state index contributed by atoms with van der Waals surface area (Å²) in [5.41, 5.74) is 4.54. The van der Waals surface area contributed by atoms with Gasteiger partial charge in [0.1, 0.15) is 28.5 Å². The van der Waals surface area contributed by atoms with Crippen molar-refractivity contribution in [3.05, 3.63) is 46.4 Å². The molecule has 0 bridgehead atoms. The number of phenolic OH excluding ortho intramolecular Hbond substituents is 1. The van der Waals surface area contributed by atoms with Crippen molar-refractivity contribution in [3.8, 4) is 17.0 Å². The van der Waals surface area contributed by atoms with E-state index in [1.165, 1.54) is 18.0 Å². The molecular weight excluding hydrogens is 534 g/mol. The summed E-state index contributed by atoms with van der Waals surface area (Å²) in [5, 5.41) is 42.2. The van der Waals surface area contributed by atoms with Crippen LogP contribution in [0.4, 0.5) is 0 Å². The van der Waals surface area contributed by atoms with Crippen LogP contribution in [0.15, 0.2) is 35.2 Å². The first kappa shape index (κ1) is 27.1. The zero-order valence-corrected chi connectivity index (χ0v) is 22.7. The molecule has 5 N–H and O–H groups in total. The highest BCUT2D eigenvalue weighted by Gasteiger charge is 2.65. The molecule has 1 aliphatic heterocycles. The van der Waals surface area contributed by atoms with Crippen molar-refractivity contribution in [1.29, 1.82) is 0 Å². The number of Topliss-reactive ketones (excluding diaryl/α,β-unsaturated/α-hetero) is 2. The second-order valence-electron chi connectivity index (χ2n) is 11.0. The number of hydrogen-bond acceptors (Lipinski definition) is 11. The lowest BCUT2D eigenvalue weighted by Gasteiger charge is -2.51. The Bertz CT molecular complexity index is 1540. The number of methoxy groups -OCH3 is 1. The van der Waals surface area contributed by atoms with Crippen LogP contribution >= 0.6 is 0 Å². The number of primary amides is 1. The molecule has 1 aromatic heterocycles. The van der Waals surface area contributed by atoms with Crippen molar-refractivity contribution < 1.29 is 39.2 Å². The predicted octanol–water partition coefficient (Wildman–Crippen LogP) is 0.432. The minimum absolute atomic E-state index is 0.0444. The van der Waals surface area contributed by atoms with Crippen molar-refractivity contribution in [1.82, 2.24) is 19.9 Å². The average Bonchev–Trinajstić information content (AvgIpc) is 3.37. The first-order chi connectivity index (χ1) is 19.6. The lowest BCUT2D eigenvalue weighted by atomic mass is 9.55. The van der Waals surface area contributed by atoms with Gasteiger partial charge in [0.2, 0.25) is 5.78 Å². The van der Waals surface area contributed by atoms with Crippen LogP contribution in [0, 0.1) is 17.8 Å². The van der Waals surface area contributed by atoms with Gasteiger partial charge in [0.25, 0.3) is 5.91 Å². The molecule has 1 saturated heterocycles. The molecule has 1 amide bonds. The molecule has 0 spiro atoms. The molecule has 2 heterocycles. The highest BCUT2D eigenvalue weighted by Crippen LogP contribution is 2.55. The Morgan fingerprint density at radius 2 is 1.95 bits per heavy atom. The number of benzene rings is 1. The van der Waals surface area contributed by atoms with Crippen molar-refractivity contribution in [2.24, 2.45) is 30.5 Å². The Hall–Kier alpha value is -4.07. The maximum Gasteiger partial charge on any atom is 0.255 e. The molecule has 0 radical (unpaired) electrons. The first-order valence-electron chi connectivity index (χ1n) is 13.4. The smallest absolute Gasteiger partial charge is 0.255 e. The van der Waals surface area contributed by atoms with Gasteiger partial charge in [0, 0.05) is 56.8 Å². The molecule has 1 aromatic carbocycles. The molecule has 6 rings (SSSR count). The number of fused-ring (bicyclic) bond motifs is 3. The zero-order valence-electron chi connectivity index (χ0n) is 22.7. The third-order valence-corrected chi connectivity index (χ3v) is 8.94. The number of aliphatic hydroxyl groups is 2. The number of ketones is 2. The Kier molecular flexibility index (Phi) is 6.47. The highest BCUT2D eigenvalue weighted by atomic mass is 16.5. The van der Waals surface area contributed by atoms with Gasteiger partial charge in [0.05, 0.1) is 25.0 Å². The van der Waals surface area contributed by atoms with Crippen LogP contribution in [0.5, 0.6) is 5.75 Å². The molecule has 2 aromatic rings. The van der Waals surface area contributed by atoms with Crippen molar-refractivity contribution in [3.63, 3.8) is 0 Å². The number of rotatable bonds is 5. The topological polar surface area (TPSA) is 190 Å². The molecular formula is C28H31N5O8. The number of phenols is 1. The number of aryl methyl sites for hydroxylation is 1. The van der Waals surface area contributed by atoms with E-state index in [0.717, 1.165) is 0 Å². The summed E-state index contributed by atoms with van der Waals surface area (Å²) in [6.07, 6.45) is 1.98. The number of amides is 1. The molecule has 1 saturated carbocycles. The van der Waals surface area contributed by atoms with Gasteiger partial charge in [-0.25, -0.2) is 0 Å². The minimum Gasteiger partial charge on any atom is -0.508 e. The Balaban J connectivity index is 1.53. The molecule has 216 valence electrons. The number of aromatic nitrogens is 3. The minimum atomic E-state index is -2.12. The standard InChI is InChI=1S/C28H31N5O8/c1-32-30-11-18(31-32)14-3-4-19(34)21-15(14)9-13-10-17-16(12-33-5-7-41-8-6-33)23(35)22(27(29)39)26(38)28(17,40-2)25(37)20(13)24(21)36/h3-4,11,13,16-17,34,36,38H,5-10,12H2,1-2H3,(H2,29,39)/t13-,16+,17-,28-/m0/s1. The van der Waals surface area contributed by atoms with E-state index < -0.39 is 57.9 Å². The van der Waals surface area contributed by atoms with Crippen LogP contribution in [0.3, 0.4) is 0 Å². The number of ether oxygens (including phenoxy) is 2. The van der Waals surface area contributed by atoms with E-state index >= 15 is 0 Å². The highest BCUT2D eigenvalue weighted by molar-refractivity contribution is 6.23. The summed E-state index contributed by atoms with van der Waals surface area (Å²) < 4.78 is 11.2. The van der Waals surface area contributed by atoms with Crippen LogP contribution in [-0.2, 0) is 37.3 Å². The van der Waals surface area contributed by atoms with Gasteiger partial charge < -0.3 is 30.5 Å². The summed E-state index contributed by atoms with van der Waals surface area (Å²) in [7, 11) is 2.89. The van der Waals surface area contributed by atoms with Gasteiger partial charge in [-0.3, -0.25) is 19.3 Å². The van der Waals surface area contributed by atoms with Crippen molar-refractivity contribution in [2.75, 3.05) is 40.0 Å². The van der Waals surface area contributed by atoms with E-state index in [0.29, 0.717) is 43.1 Å². The first-order valence-corrected chi connectivity index (χ1v) is 13.4.